The molecule has 1 aromatic heterocycles. The number of alkyl halides is 4. The molecule has 56 heavy (non-hydrogen) atoms. The maximum absolute atomic E-state index is 14.7. The number of ketones is 1. The van der Waals surface area contributed by atoms with Gasteiger partial charge in [-0.15, -0.1) is 0 Å². The van der Waals surface area contributed by atoms with Gasteiger partial charge in [0.05, 0.1) is 5.52 Å². The van der Waals surface area contributed by atoms with Crippen molar-refractivity contribution in [2.75, 3.05) is 6.61 Å². The third-order valence-corrected chi connectivity index (χ3v) is 10.0. The van der Waals surface area contributed by atoms with E-state index in [9.17, 15) is 27.2 Å². The van der Waals surface area contributed by atoms with Gasteiger partial charge in [0.25, 0.3) is 0 Å². The number of carbonyl (C=O) groups excluding carboxylic acids is 2. The van der Waals surface area contributed by atoms with E-state index in [1.165, 1.54) is 25.1 Å². The molecule has 6 rings (SSSR count). The zero-order valence-corrected chi connectivity index (χ0v) is 32.3. The van der Waals surface area contributed by atoms with E-state index in [1.54, 1.807) is 12.1 Å². The molecule has 1 heterocycles. The van der Waals surface area contributed by atoms with Crippen LogP contribution >= 0.6 is 0 Å². The van der Waals surface area contributed by atoms with E-state index < -0.39 is 24.9 Å². The second kappa shape index (κ2) is 16.5. The molecule has 6 nitrogen and oxygen atoms in total. The van der Waals surface area contributed by atoms with Crippen LogP contribution < -0.4 is 4.74 Å². The molecular weight excluding hydrogens is 721 g/mol. The predicted molar refractivity (Wildman–Crippen MR) is 215 cm³/mol. The number of fused-ring (bicyclic) bond motifs is 5. The summed E-state index contributed by atoms with van der Waals surface area (Å²) in [5, 5.41) is 7.41. The van der Waals surface area contributed by atoms with Crippen molar-refractivity contribution in [1.29, 1.82) is 0 Å². The van der Waals surface area contributed by atoms with Crippen LogP contribution in [0.2, 0.25) is 0 Å². The maximum Gasteiger partial charge on any atom is 0.340 e. The summed E-state index contributed by atoms with van der Waals surface area (Å²) < 4.78 is 61.7. The first kappa shape index (κ1) is 39.9. The van der Waals surface area contributed by atoms with E-state index in [0.717, 1.165) is 62.1 Å². The Morgan fingerprint density at radius 1 is 0.839 bits per heavy atom. The van der Waals surface area contributed by atoms with E-state index in [2.05, 4.69) is 35.7 Å². The highest BCUT2D eigenvalue weighted by Gasteiger charge is 2.42. The number of benzene rings is 5. The predicted octanol–water partition coefficient (Wildman–Crippen LogP) is 11.7. The van der Waals surface area contributed by atoms with Crippen LogP contribution in [0.25, 0.3) is 32.6 Å². The first-order chi connectivity index (χ1) is 26.7. The van der Waals surface area contributed by atoms with Crippen molar-refractivity contribution < 1.29 is 36.7 Å². The molecule has 0 radical (unpaired) electrons. The van der Waals surface area contributed by atoms with E-state index >= 15 is 0 Å². The van der Waals surface area contributed by atoms with Crippen molar-refractivity contribution in [3.8, 4) is 5.75 Å². The van der Waals surface area contributed by atoms with Gasteiger partial charge in [-0.25, -0.2) is 13.6 Å². The van der Waals surface area contributed by atoms with Gasteiger partial charge >= 0.3 is 18.3 Å². The molecule has 0 saturated carbocycles. The van der Waals surface area contributed by atoms with Gasteiger partial charge in [0, 0.05) is 57.4 Å². The van der Waals surface area contributed by atoms with Crippen LogP contribution in [0, 0.1) is 26.7 Å². The highest BCUT2D eigenvalue weighted by Crippen LogP contribution is 2.39. The summed E-state index contributed by atoms with van der Waals surface area (Å²) >= 11 is 0. The number of nitrogens with zero attached hydrogens (tertiary/aromatic N) is 2. The van der Waals surface area contributed by atoms with Crippen molar-refractivity contribution in [3.05, 3.63) is 136 Å². The van der Waals surface area contributed by atoms with Gasteiger partial charge < -0.3 is 14.1 Å². The number of para-hydroxylation sites is 1. The maximum atomic E-state index is 14.7. The van der Waals surface area contributed by atoms with Gasteiger partial charge in [-0.1, -0.05) is 91.3 Å². The molecule has 0 spiro atoms. The number of aromatic nitrogens is 1. The Hall–Kier alpha value is -5.77. The highest BCUT2D eigenvalue weighted by atomic mass is 19.3. The molecule has 0 fully saturated rings. The SMILES string of the molecule is CC/C=C\C(CC)Cn1c2ccc(/C(=N\OC(C)=O)c3ccccc3OCC(F)(F)C(F)F)cc2c2cc(C(=O)c3c(C)cc(C)cc3C)c3ccccc3c21. The molecule has 0 aliphatic carbocycles. The van der Waals surface area contributed by atoms with Crippen molar-refractivity contribution in [3.63, 3.8) is 0 Å². The number of aryl methyl sites for hydroxylation is 3. The van der Waals surface area contributed by atoms with Crippen molar-refractivity contribution in [2.45, 2.75) is 73.3 Å². The van der Waals surface area contributed by atoms with Crippen molar-refractivity contribution in [2.24, 2.45) is 11.1 Å². The Labute approximate surface area is 323 Å². The van der Waals surface area contributed by atoms with Gasteiger partial charge in [-0.3, -0.25) is 4.79 Å². The summed E-state index contributed by atoms with van der Waals surface area (Å²) in [6.45, 7) is 10.4. The molecule has 1 atom stereocenters. The monoisotopic (exact) mass is 764 g/mol. The summed E-state index contributed by atoms with van der Waals surface area (Å²) in [7, 11) is 0. The number of ether oxygens (including phenoxy) is 1. The first-order valence-corrected chi connectivity index (χ1v) is 18.7. The Kier molecular flexibility index (Phi) is 11.8. The number of hydrogen-bond donors (Lipinski definition) is 0. The van der Waals surface area contributed by atoms with E-state index in [4.69, 9.17) is 9.57 Å². The van der Waals surface area contributed by atoms with Crippen molar-refractivity contribution in [1.82, 2.24) is 4.57 Å². The van der Waals surface area contributed by atoms with Gasteiger partial charge in [0.1, 0.15) is 11.5 Å². The molecule has 0 amide bonds. The van der Waals surface area contributed by atoms with E-state index in [1.807, 2.05) is 75.4 Å². The fourth-order valence-electron chi connectivity index (χ4n) is 7.44. The Morgan fingerprint density at radius 2 is 1.52 bits per heavy atom. The molecule has 6 aromatic rings. The second-order valence-corrected chi connectivity index (χ2v) is 14.2. The van der Waals surface area contributed by atoms with Crippen LogP contribution in [0.3, 0.4) is 0 Å². The third kappa shape index (κ3) is 7.96. The number of rotatable bonds is 14. The largest absolute Gasteiger partial charge is 0.486 e. The lowest BCUT2D eigenvalue weighted by molar-refractivity contribution is -0.148. The van der Waals surface area contributed by atoms with E-state index in [-0.39, 0.29) is 28.7 Å². The first-order valence-electron chi connectivity index (χ1n) is 18.7. The summed E-state index contributed by atoms with van der Waals surface area (Å²) in [5.41, 5.74) is 6.45. The molecule has 290 valence electrons. The third-order valence-electron chi connectivity index (χ3n) is 10.0. The fraction of sp³-hybridized carbons (Fsp3) is 0.283. The van der Waals surface area contributed by atoms with Crippen LogP contribution in [-0.2, 0) is 16.2 Å². The number of allylic oxidation sites excluding steroid dienone is 2. The molecule has 1 unspecified atom stereocenters. The van der Waals surface area contributed by atoms with Crippen LogP contribution in [0.4, 0.5) is 17.6 Å². The molecular formula is C46H44F4N2O4. The summed E-state index contributed by atoms with van der Waals surface area (Å²) in [6, 6.07) is 25.4. The minimum Gasteiger partial charge on any atom is -0.486 e. The van der Waals surface area contributed by atoms with Crippen LogP contribution in [0.15, 0.2) is 102 Å². The van der Waals surface area contributed by atoms with Crippen LogP contribution in [0.5, 0.6) is 5.75 Å². The van der Waals surface area contributed by atoms with Gasteiger partial charge in [0.15, 0.2) is 12.4 Å². The minimum atomic E-state index is -4.41. The van der Waals surface area contributed by atoms with Gasteiger partial charge in [-0.05, 0) is 86.4 Å². The van der Waals surface area contributed by atoms with E-state index in [0.29, 0.717) is 23.2 Å². The number of hydrogen-bond acceptors (Lipinski definition) is 5. The average Bonchev–Trinajstić information content (AvgIpc) is 3.47. The summed E-state index contributed by atoms with van der Waals surface area (Å²) in [6.07, 6.45) is 2.24. The number of carbonyl (C=O) groups is 2. The zero-order valence-electron chi connectivity index (χ0n) is 32.3. The van der Waals surface area contributed by atoms with Gasteiger partial charge in [-0.2, -0.15) is 8.78 Å². The Morgan fingerprint density at radius 3 is 2.18 bits per heavy atom. The lowest BCUT2D eigenvalue weighted by Crippen LogP contribution is -2.34. The Balaban J connectivity index is 1.64. The molecule has 0 aliphatic heterocycles. The molecule has 5 aromatic carbocycles. The molecule has 0 bridgehead atoms. The zero-order chi connectivity index (χ0) is 40.3. The topological polar surface area (TPSA) is 69.9 Å². The minimum absolute atomic E-state index is 0.0549. The van der Waals surface area contributed by atoms with Crippen molar-refractivity contribution >= 4 is 50.0 Å². The van der Waals surface area contributed by atoms with Crippen LogP contribution in [-0.4, -0.2) is 41.0 Å². The molecule has 0 aliphatic rings. The summed E-state index contributed by atoms with van der Waals surface area (Å²) in [5.74, 6) is -5.20. The number of oxime groups is 1. The quantitative estimate of drug-likeness (QED) is 0.0277. The van der Waals surface area contributed by atoms with Gasteiger partial charge in [0.2, 0.25) is 0 Å². The molecule has 0 saturated heterocycles. The fourth-order valence-corrected chi connectivity index (χ4v) is 7.44. The number of halogens is 4. The standard InChI is InChI=1S/C46H44F4N2O4/c1-7-9-14-31(8-2)25-52-39-20-19-32(42(51-56-30(6)53)35-17-12-13-18-40(35)55-26-46(49,50)45(47)48)23-36(39)37-24-38(33-15-10-11-16-34(33)43(37)52)44(54)41-28(4)21-27(3)22-29(41)5/h9-24,31,45H,7-8,25-26H2,1-6H3/b14-9-,51-42+. The summed E-state index contributed by atoms with van der Waals surface area (Å²) in [4.78, 5) is 31.8. The second-order valence-electron chi connectivity index (χ2n) is 14.2. The lowest BCUT2D eigenvalue weighted by Gasteiger charge is -2.18. The smallest absolute Gasteiger partial charge is 0.340 e. The lowest BCUT2D eigenvalue weighted by atomic mass is 9.89. The normalized spacial score (nSPS) is 13.0. The average molecular weight is 765 g/mol. The molecule has 10 heteroatoms. The Bertz CT molecular complexity index is 2490. The molecule has 0 N–H and O–H groups in total. The van der Waals surface area contributed by atoms with Crippen LogP contribution in [0.1, 0.15) is 77.4 Å². The highest BCUT2D eigenvalue weighted by molar-refractivity contribution is 6.27.